The van der Waals surface area contributed by atoms with Gasteiger partial charge in [-0.05, 0) is 12.8 Å². The van der Waals surface area contributed by atoms with Crippen molar-refractivity contribution in [2.45, 2.75) is 51.6 Å². The van der Waals surface area contributed by atoms with Crippen LogP contribution >= 0.6 is 0 Å². The van der Waals surface area contributed by atoms with Gasteiger partial charge in [-0.15, -0.1) is 0 Å². The molecule has 0 aliphatic carbocycles. The lowest BCUT2D eigenvalue weighted by Crippen LogP contribution is -2.50. The summed E-state index contributed by atoms with van der Waals surface area (Å²) in [4.78, 5) is 45.6. The molecular weight excluding hydrogens is 306 g/mol. The molecule has 0 saturated heterocycles. The largest absolute Gasteiger partial charge is 0.480 e. The first-order valence-electron chi connectivity index (χ1n) is 7.56. The number of rotatable bonds is 12. The second kappa shape index (κ2) is 11.4. The van der Waals surface area contributed by atoms with Crippen LogP contribution in [0.5, 0.6) is 0 Å². The number of amides is 2. The normalized spacial score (nSPS) is 13.0. The van der Waals surface area contributed by atoms with Crippen molar-refractivity contribution < 1.29 is 29.4 Å². The van der Waals surface area contributed by atoms with Crippen LogP contribution in [0.25, 0.3) is 0 Å². The van der Waals surface area contributed by atoms with Crippen LogP contribution in [0, 0.1) is 0 Å². The summed E-state index contributed by atoms with van der Waals surface area (Å²) in [5, 5.41) is 25.6. The molecule has 0 aromatic heterocycles. The molecule has 0 aliphatic heterocycles. The molecule has 0 bridgehead atoms. The van der Waals surface area contributed by atoms with Crippen molar-refractivity contribution >= 4 is 23.8 Å². The number of hydrogen-bond acceptors (Lipinski definition) is 5. The van der Waals surface area contributed by atoms with Gasteiger partial charge < -0.3 is 20.8 Å². The molecule has 2 atom stereocenters. The van der Waals surface area contributed by atoms with E-state index in [-0.39, 0.29) is 0 Å². The number of hydrogen-bond donors (Lipinski definition) is 5. The number of nitrogens with one attached hydrogen (secondary N) is 3. The minimum atomic E-state index is -1.38. The highest BCUT2D eigenvalue weighted by Crippen LogP contribution is 2.01. The summed E-state index contributed by atoms with van der Waals surface area (Å²) in [5.41, 5.74) is 0. The molecule has 0 aliphatic rings. The number of carboxylic acid groups (broad SMARTS) is 2. The number of carbonyl (C=O) groups excluding carboxylic acids is 2. The Kier molecular flexibility index (Phi) is 10.3. The predicted octanol–water partition coefficient (Wildman–Crippen LogP) is -0.685. The highest BCUT2D eigenvalue weighted by Gasteiger charge is 2.29. The molecule has 0 rings (SSSR count). The van der Waals surface area contributed by atoms with Gasteiger partial charge in [0, 0.05) is 13.1 Å². The zero-order valence-electron chi connectivity index (χ0n) is 13.4. The molecule has 0 saturated carbocycles. The molecule has 0 spiro atoms. The van der Waals surface area contributed by atoms with E-state index in [9.17, 15) is 19.2 Å². The van der Waals surface area contributed by atoms with Crippen LogP contribution in [-0.4, -0.2) is 59.1 Å². The monoisotopic (exact) mass is 331 g/mol. The van der Waals surface area contributed by atoms with E-state index in [0.29, 0.717) is 25.9 Å². The van der Waals surface area contributed by atoms with Crippen molar-refractivity contribution in [2.24, 2.45) is 0 Å². The predicted molar refractivity (Wildman–Crippen MR) is 81.8 cm³/mol. The molecule has 2 unspecified atom stereocenters. The highest BCUT2D eigenvalue weighted by atomic mass is 16.4. The van der Waals surface area contributed by atoms with Gasteiger partial charge in [-0.1, -0.05) is 13.8 Å². The van der Waals surface area contributed by atoms with E-state index in [4.69, 9.17) is 10.2 Å². The average Bonchev–Trinajstić information content (AvgIpc) is 2.48. The third kappa shape index (κ3) is 9.46. The van der Waals surface area contributed by atoms with Crippen LogP contribution in [0.3, 0.4) is 0 Å². The summed E-state index contributed by atoms with van der Waals surface area (Å²) in [6.07, 6.45) is 0.587. The van der Waals surface area contributed by atoms with Gasteiger partial charge in [0.25, 0.3) is 0 Å². The van der Waals surface area contributed by atoms with Gasteiger partial charge in [0.1, 0.15) is 12.1 Å². The molecule has 9 heteroatoms. The first kappa shape index (κ1) is 20.8. The smallest absolute Gasteiger partial charge is 0.321 e. The van der Waals surface area contributed by atoms with Gasteiger partial charge in [-0.2, -0.15) is 0 Å². The van der Waals surface area contributed by atoms with Crippen molar-refractivity contribution in [2.75, 3.05) is 13.1 Å². The third-order valence-corrected chi connectivity index (χ3v) is 2.92. The second-order valence-electron chi connectivity index (χ2n) is 5.06. The maximum absolute atomic E-state index is 11.6. The minimum absolute atomic E-state index is 0.407. The molecule has 0 fully saturated rings. The third-order valence-electron chi connectivity index (χ3n) is 2.92. The number of aliphatic carboxylic acids is 2. The maximum Gasteiger partial charge on any atom is 0.321 e. The Morgan fingerprint density at radius 3 is 1.39 bits per heavy atom. The van der Waals surface area contributed by atoms with E-state index < -0.39 is 48.7 Å². The SMILES string of the molecule is CCCNC(=O)CC(NC(CC(=O)NCCC)C(=O)O)C(=O)O. The average molecular weight is 331 g/mol. The number of carboxylic acids is 2. The van der Waals surface area contributed by atoms with Crippen LogP contribution in [0.1, 0.15) is 39.5 Å². The van der Waals surface area contributed by atoms with E-state index in [1.54, 1.807) is 0 Å². The maximum atomic E-state index is 11.6. The van der Waals surface area contributed by atoms with Gasteiger partial charge >= 0.3 is 11.9 Å². The molecule has 9 nitrogen and oxygen atoms in total. The van der Waals surface area contributed by atoms with Gasteiger partial charge in [-0.25, -0.2) is 0 Å². The van der Waals surface area contributed by atoms with E-state index in [1.165, 1.54) is 0 Å². The second-order valence-corrected chi connectivity index (χ2v) is 5.06. The fourth-order valence-corrected chi connectivity index (χ4v) is 1.72. The quantitative estimate of drug-likeness (QED) is 0.318. The van der Waals surface area contributed by atoms with Gasteiger partial charge in [0.05, 0.1) is 12.8 Å². The molecular formula is C14H25N3O6. The Morgan fingerprint density at radius 2 is 1.13 bits per heavy atom. The summed E-state index contributed by atoms with van der Waals surface area (Å²) < 4.78 is 0. The Bertz CT molecular complexity index is 389. The zero-order chi connectivity index (χ0) is 17.8. The first-order chi connectivity index (χ1) is 10.8. The molecule has 0 aromatic rings. The lowest BCUT2D eigenvalue weighted by molar-refractivity contribution is -0.145. The Morgan fingerprint density at radius 1 is 0.783 bits per heavy atom. The van der Waals surface area contributed by atoms with Crippen LogP contribution < -0.4 is 16.0 Å². The lowest BCUT2D eigenvalue weighted by Gasteiger charge is -2.19. The van der Waals surface area contributed by atoms with Gasteiger partial charge in [0.2, 0.25) is 11.8 Å². The standard InChI is InChI=1S/C14H25N3O6/c1-3-5-15-11(18)7-9(13(20)21)17-10(14(22)23)8-12(19)16-6-4-2/h9-10,17H,3-8H2,1-2H3,(H,15,18)(H,16,19)(H,20,21)(H,22,23). The van der Waals surface area contributed by atoms with E-state index in [0.717, 1.165) is 0 Å². The summed E-state index contributed by atoms with van der Waals surface area (Å²) in [6.45, 7) is 4.52. The summed E-state index contributed by atoms with van der Waals surface area (Å²) in [7, 11) is 0. The van der Waals surface area contributed by atoms with Crippen molar-refractivity contribution in [3.05, 3.63) is 0 Å². The van der Waals surface area contributed by atoms with E-state index in [2.05, 4.69) is 16.0 Å². The molecule has 132 valence electrons. The van der Waals surface area contributed by atoms with Crippen molar-refractivity contribution in [3.8, 4) is 0 Å². The van der Waals surface area contributed by atoms with Crippen molar-refractivity contribution in [1.82, 2.24) is 16.0 Å². The molecule has 23 heavy (non-hydrogen) atoms. The summed E-state index contributed by atoms with van der Waals surface area (Å²) in [6, 6.07) is -2.76. The molecule has 0 aromatic carbocycles. The Balaban J connectivity index is 4.70. The van der Waals surface area contributed by atoms with Crippen LogP contribution in [0.4, 0.5) is 0 Å². The first-order valence-corrected chi connectivity index (χ1v) is 7.56. The van der Waals surface area contributed by atoms with Crippen LogP contribution in [0.2, 0.25) is 0 Å². The van der Waals surface area contributed by atoms with E-state index >= 15 is 0 Å². The molecule has 5 N–H and O–H groups in total. The van der Waals surface area contributed by atoms with Crippen molar-refractivity contribution in [3.63, 3.8) is 0 Å². The molecule has 2 amide bonds. The van der Waals surface area contributed by atoms with Crippen LogP contribution in [-0.2, 0) is 19.2 Å². The summed E-state index contributed by atoms with van der Waals surface area (Å²) in [5.74, 6) is -3.69. The number of carbonyl (C=O) groups is 4. The van der Waals surface area contributed by atoms with E-state index in [1.807, 2.05) is 13.8 Å². The Labute approximate surface area is 134 Å². The summed E-state index contributed by atoms with van der Waals surface area (Å²) >= 11 is 0. The van der Waals surface area contributed by atoms with Gasteiger partial charge in [0.15, 0.2) is 0 Å². The topological polar surface area (TPSA) is 145 Å². The minimum Gasteiger partial charge on any atom is -0.480 e. The highest BCUT2D eigenvalue weighted by molar-refractivity contribution is 5.87. The van der Waals surface area contributed by atoms with Gasteiger partial charge in [-0.3, -0.25) is 24.5 Å². The fourth-order valence-electron chi connectivity index (χ4n) is 1.72. The Hall–Kier alpha value is -2.16. The van der Waals surface area contributed by atoms with Crippen molar-refractivity contribution in [1.29, 1.82) is 0 Å². The fraction of sp³-hybridized carbons (Fsp3) is 0.714. The molecule has 0 heterocycles. The zero-order valence-corrected chi connectivity index (χ0v) is 13.4. The lowest BCUT2D eigenvalue weighted by atomic mass is 10.1. The molecule has 0 radical (unpaired) electrons. The van der Waals surface area contributed by atoms with Crippen LogP contribution in [0.15, 0.2) is 0 Å².